The van der Waals surface area contributed by atoms with Crippen LogP contribution >= 0.6 is 0 Å². The minimum atomic E-state index is -4.78. The van der Waals surface area contributed by atoms with Gasteiger partial charge in [-0.3, -0.25) is 5.32 Å². The van der Waals surface area contributed by atoms with Gasteiger partial charge >= 0.3 is 12.4 Å². The van der Waals surface area contributed by atoms with Gasteiger partial charge in [-0.15, -0.1) is 0 Å². The number of ether oxygens (including phenoxy) is 3. The number of nitrogens with one attached hydrogen (secondary N) is 3. The molecule has 4 bridgehead atoms. The van der Waals surface area contributed by atoms with E-state index in [2.05, 4.69) is 16.2 Å². The Balaban J connectivity index is 1.62. The zero-order valence-electron chi connectivity index (χ0n) is 21.6. The highest BCUT2D eigenvalue weighted by atomic mass is 19.4. The number of hydrazine groups is 1. The molecule has 0 aliphatic carbocycles. The van der Waals surface area contributed by atoms with Crippen LogP contribution in [0, 0.1) is 11.8 Å². The monoisotopic (exact) mass is 553 g/mol. The third kappa shape index (κ3) is 6.64. The molecular formula is C26H37F6N3O3. The molecule has 1 aromatic rings. The summed E-state index contributed by atoms with van der Waals surface area (Å²) in [7, 11) is 0. The summed E-state index contributed by atoms with van der Waals surface area (Å²) < 4.78 is 104. The fourth-order valence-electron chi connectivity index (χ4n) is 5.52. The van der Waals surface area contributed by atoms with Gasteiger partial charge in [-0.05, 0) is 37.2 Å². The van der Waals surface area contributed by atoms with Crippen molar-refractivity contribution in [2.75, 3.05) is 0 Å². The van der Waals surface area contributed by atoms with E-state index in [1.54, 1.807) is 30.3 Å². The second-order valence-corrected chi connectivity index (χ2v) is 10.8. The summed E-state index contributed by atoms with van der Waals surface area (Å²) in [5, 5.41) is 2.91. The number of rotatable bonds is 4. The molecule has 7 atom stereocenters. The number of fused-ring (bicyclic) bond motifs is 5. The standard InChI is InChI=1S/C26H37F6N3O3/c1-16(2)20-11-7-4-8-14-24(26(30,31)32,36-15-17-9-5-3-6-10-17)23-35-34-22(38-23)19-13-12-18(25(27,28)29)21(33-19)37-20/h3,5-6,9-10,16,18-23,33-35H,4,7-8,11-15H2,1-2H3/t18?,19?,20?,21?,22?,23?,24-/m1/s1. The van der Waals surface area contributed by atoms with Crippen molar-refractivity contribution in [3.05, 3.63) is 35.9 Å². The lowest BCUT2D eigenvalue weighted by Crippen LogP contribution is -2.61. The number of hydrogen-bond acceptors (Lipinski definition) is 6. The molecule has 3 aliphatic rings. The summed E-state index contributed by atoms with van der Waals surface area (Å²) in [6.07, 6.45) is -12.6. The van der Waals surface area contributed by atoms with Crippen LogP contribution in [0.25, 0.3) is 0 Å². The minimum absolute atomic E-state index is 0.0480. The van der Waals surface area contributed by atoms with Crippen LogP contribution in [0.2, 0.25) is 0 Å². The van der Waals surface area contributed by atoms with Gasteiger partial charge in [-0.2, -0.15) is 26.3 Å². The molecule has 0 aromatic heterocycles. The fraction of sp³-hybridized carbons (Fsp3) is 0.769. The molecule has 3 N–H and O–H groups in total. The Bertz CT molecular complexity index is 887. The highest BCUT2D eigenvalue weighted by Crippen LogP contribution is 2.44. The van der Waals surface area contributed by atoms with Crippen LogP contribution < -0.4 is 16.2 Å². The Labute approximate surface area is 219 Å². The minimum Gasteiger partial charge on any atom is -0.359 e. The first-order valence-corrected chi connectivity index (χ1v) is 13.3. The van der Waals surface area contributed by atoms with Crippen LogP contribution in [0.4, 0.5) is 26.3 Å². The first-order valence-electron chi connectivity index (χ1n) is 13.3. The lowest BCUT2D eigenvalue weighted by molar-refractivity contribution is -0.321. The summed E-state index contributed by atoms with van der Waals surface area (Å²) in [6, 6.07) is 7.88. The summed E-state index contributed by atoms with van der Waals surface area (Å²) in [5.74, 6) is -1.78. The topological polar surface area (TPSA) is 63.8 Å². The van der Waals surface area contributed by atoms with Crippen molar-refractivity contribution in [2.24, 2.45) is 11.8 Å². The third-order valence-electron chi connectivity index (χ3n) is 7.80. The van der Waals surface area contributed by atoms with E-state index >= 15 is 0 Å². The fourth-order valence-corrected chi connectivity index (χ4v) is 5.52. The highest BCUT2D eigenvalue weighted by molar-refractivity contribution is 5.14. The molecule has 3 aliphatic heterocycles. The van der Waals surface area contributed by atoms with Crippen molar-refractivity contribution >= 4 is 0 Å². The van der Waals surface area contributed by atoms with Crippen LogP contribution in [0.3, 0.4) is 0 Å². The predicted octanol–water partition coefficient (Wildman–Crippen LogP) is 5.54. The average Bonchev–Trinajstić information content (AvgIpc) is 3.34. The summed E-state index contributed by atoms with van der Waals surface area (Å²) in [6.45, 7) is 3.48. The molecule has 1 aromatic carbocycles. The summed E-state index contributed by atoms with van der Waals surface area (Å²) >= 11 is 0. The second kappa shape index (κ2) is 12.0. The van der Waals surface area contributed by atoms with Crippen molar-refractivity contribution in [2.45, 2.75) is 114 Å². The molecule has 0 radical (unpaired) electrons. The SMILES string of the molecule is CC(C)C1CCCCC[C@](OCc2ccccc2)(C(F)(F)F)C2NNC(O2)C2CCC(C(F)(F)F)C(N2)O1. The van der Waals surface area contributed by atoms with Gasteiger partial charge in [0.1, 0.15) is 12.5 Å². The number of hydrogen-bond donors (Lipinski definition) is 3. The molecule has 4 rings (SSSR count). The number of piperidine rings is 1. The van der Waals surface area contributed by atoms with Gasteiger partial charge in [0, 0.05) is 0 Å². The highest BCUT2D eigenvalue weighted by Gasteiger charge is 2.63. The molecule has 0 spiro atoms. The second-order valence-electron chi connectivity index (χ2n) is 10.8. The van der Waals surface area contributed by atoms with E-state index in [4.69, 9.17) is 14.2 Å². The number of alkyl halides is 6. The maximum Gasteiger partial charge on any atom is 0.421 e. The van der Waals surface area contributed by atoms with Crippen molar-refractivity contribution < 1.29 is 40.6 Å². The molecular weight excluding hydrogens is 516 g/mol. The van der Waals surface area contributed by atoms with E-state index in [-0.39, 0.29) is 38.2 Å². The Kier molecular flexibility index (Phi) is 9.31. The predicted molar refractivity (Wildman–Crippen MR) is 127 cm³/mol. The van der Waals surface area contributed by atoms with Gasteiger partial charge in [-0.25, -0.2) is 10.9 Å². The zero-order chi connectivity index (χ0) is 27.6. The summed E-state index contributed by atoms with van der Waals surface area (Å²) in [4.78, 5) is 0. The molecule has 3 heterocycles. The molecule has 0 saturated carbocycles. The Hall–Kier alpha value is -1.44. The quantitative estimate of drug-likeness (QED) is 0.426. The summed E-state index contributed by atoms with van der Waals surface area (Å²) in [5.41, 5.74) is 3.28. The Morgan fingerprint density at radius 2 is 1.66 bits per heavy atom. The Morgan fingerprint density at radius 3 is 2.32 bits per heavy atom. The van der Waals surface area contributed by atoms with E-state index in [0.29, 0.717) is 24.8 Å². The van der Waals surface area contributed by atoms with E-state index in [0.717, 1.165) is 0 Å². The molecule has 216 valence electrons. The molecule has 3 saturated heterocycles. The normalized spacial score (nSPS) is 35.7. The molecule has 6 unspecified atom stereocenters. The van der Waals surface area contributed by atoms with Crippen LogP contribution in [-0.2, 0) is 20.8 Å². The van der Waals surface area contributed by atoms with E-state index in [1.165, 1.54) is 0 Å². The van der Waals surface area contributed by atoms with Gasteiger partial charge < -0.3 is 14.2 Å². The van der Waals surface area contributed by atoms with Gasteiger partial charge in [0.15, 0.2) is 6.23 Å². The van der Waals surface area contributed by atoms with Crippen LogP contribution in [-0.4, -0.2) is 48.8 Å². The van der Waals surface area contributed by atoms with E-state index in [1.807, 2.05) is 13.8 Å². The largest absolute Gasteiger partial charge is 0.421 e. The Morgan fingerprint density at radius 1 is 0.921 bits per heavy atom. The first-order chi connectivity index (χ1) is 17.9. The molecule has 6 nitrogen and oxygen atoms in total. The van der Waals surface area contributed by atoms with Crippen LogP contribution in [0.5, 0.6) is 0 Å². The maximum absolute atomic E-state index is 14.8. The van der Waals surface area contributed by atoms with E-state index < -0.39 is 54.7 Å². The number of benzene rings is 1. The first kappa shape index (κ1) is 29.5. The van der Waals surface area contributed by atoms with Crippen molar-refractivity contribution in [1.29, 1.82) is 0 Å². The van der Waals surface area contributed by atoms with Crippen molar-refractivity contribution in [1.82, 2.24) is 16.2 Å². The van der Waals surface area contributed by atoms with E-state index in [9.17, 15) is 26.3 Å². The number of halogens is 6. The molecule has 12 heteroatoms. The third-order valence-corrected chi connectivity index (χ3v) is 7.80. The average molecular weight is 554 g/mol. The van der Waals surface area contributed by atoms with Crippen LogP contribution in [0.1, 0.15) is 64.4 Å². The lowest BCUT2D eigenvalue weighted by atomic mass is 9.89. The van der Waals surface area contributed by atoms with Crippen molar-refractivity contribution in [3.8, 4) is 0 Å². The van der Waals surface area contributed by atoms with Gasteiger partial charge in [0.2, 0.25) is 5.60 Å². The smallest absolute Gasteiger partial charge is 0.359 e. The van der Waals surface area contributed by atoms with Crippen LogP contribution in [0.15, 0.2) is 30.3 Å². The molecule has 3 fully saturated rings. The van der Waals surface area contributed by atoms with Gasteiger partial charge in [0.25, 0.3) is 0 Å². The zero-order valence-corrected chi connectivity index (χ0v) is 21.6. The maximum atomic E-state index is 14.8. The molecule has 0 amide bonds. The van der Waals surface area contributed by atoms with Crippen molar-refractivity contribution in [3.63, 3.8) is 0 Å². The molecule has 38 heavy (non-hydrogen) atoms. The van der Waals surface area contributed by atoms with Gasteiger partial charge in [0.05, 0.1) is 24.7 Å². The van der Waals surface area contributed by atoms with Gasteiger partial charge in [-0.1, -0.05) is 63.4 Å². The lowest BCUT2D eigenvalue weighted by Gasteiger charge is -2.43.